The van der Waals surface area contributed by atoms with Gasteiger partial charge in [0, 0.05) is 41.8 Å². The van der Waals surface area contributed by atoms with Crippen molar-refractivity contribution in [2.24, 2.45) is 5.73 Å². The summed E-state index contributed by atoms with van der Waals surface area (Å²) < 4.78 is 4.82. The average molecular weight is 456 g/mol. The maximum absolute atomic E-state index is 13.4. The van der Waals surface area contributed by atoms with Crippen LogP contribution < -0.4 is 10.6 Å². The molecule has 2 N–H and O–H groups in total. The Labute approximate surface area is 194 Å². The van der Waals surface area contributed by atoms with Crippen LogP contribution in [0.1, 0.15) is 48.0 Å². The third kappa shape index (κ3) is 4.34. The van der Waals surface area contributed by atoms with Gasteiger partial charge in [-0.1, -0.05) is 29.8 Å². The molecule has 2 amide bonds. The highest BCUT2D eigenvalue weighted by atomic mass is 35.5. The number of halogens is 1. The number of carbonyl (C=O) groups excluding carboxylic acids is 2. The van der Waals surface area contributed by atoms with Crippen molar-refractivity contribution in [1.82, 2.24) is 4.90 Å². The van der Waals surface area contributed by atoms with Gasteiger partial charge >= 0.3 is 12.0 Å². The smallest absolute Gasteiger partial charge is 0.337 e. The van der Waals surface area contributed by atoms with Crippen LogP contribution in [-0.4, -0.2) is 49.7 Å². The van der Waals surface area contributed by atoms with Crippen molar-refractivity contribution >= 4 is 29.3 Å². The van der Waals surface area contributed by atoms with Crippen LogP contribution in [0.15, 0.2) is 48.5 Å². The monoisotopic (exact) mass is 455 g/mol. The minimum absolute atomic E-state index is 0.00581. The van der Waals surface area contributed by atoms with Crippen LogP contribution in [0, 0.1) is 0 Å². The summed E-state index contributed by atoms with van der Waals surface area (Å²) in [5.74, 6) is -0.403. The Bertz CT molecular complexity index is 988. The molecule has 0 atom stereocenters. The van der Waals surface area contributed by atoms with Gasteiger partial charge in [0.05, 0.1) is 12.7 Å². The molecule has 2 aliphatic rings. The van der Waals surface area contributed by atoms with E-state index in [-0.39, 0.29) is 17.5 Å². The van der Waals surface area contributed by atoms with E-state index >= 15 is 0 Å². The fourth-order valence-corrected chi connectivity index (χ4v) is 5.33. The first-order valence-corrected chi connectivity index (χ1v) is 11.6. The lowest BCUT2D eigenvalue weighted by Crippen LogP contribution is -2.55. The van der Waals surface area contributed by atoms with Crippen molar-refractivity contribution in [3.8, 4) is 0 Å². The summed E-state index contributed by atoms with van der Waals surface area (Å²) in [6, 6.07) is 15.3. The van der Waals surface area contributed by atoms with Crippen molar-refractivity contribution in [3.05, 3.63) is 64.7 Å². The lowest BCUT2D eigenvalue weighted by molar-refractivity contribution is 0.0600. The second kappa shape index (κ2) is 9.51. The average Bonchev–Trinajstić information content (AvgIpc) is 2.84. The maximum atomic E-state index is 13.4. The molecule has 2 aromatic carbocycles. The van der Waals surface area contributed by atoms with E-state index in [2.05, 4.69) is 6.07 Å². The van der Waals surface area contributed by atoms with Crippen molar-refractivity contribution in [2.75, 3.05) is 31.6 Å². The molecule has 32 heavy (non-hydrogen) atoms. The summed E-state index contributed by atoms with van der Waals surface area (Å²) in [5.41, 5.74) is 8.53. The van der Waals surface area contributed by atoms with Crippen LogP contribution in [0.25, 0.3) is 0 Å². The van der Waals surface area contributed by atoms with E-state index in [0.29, 0.717) is 18.7 Å². The van der Waals surface area contributed by atoms with Gasteiger partial charge in [-0.05, 0) is 68.0 Å². The topological polar surface area (TPSA) is 75.9 Å². The number of anilines is 1. The van der Waals surface area contributed by atoms with Gasteiger partial charge in [0.15, 0.2) is 0 Å². The first-order valence-electron chi connectivity index (χ1n) is 11.2. The second-order valence-electron chi connectivity index (χ2n) is 8.75. The number of ether oxygens (including phenoxy) is 1. The third-order valence-electron chi connectivity index (χ3n) is 7.02. The van der Waals surface area contributed by atoms with Gasteiger partial charge in [0.25, 0.3) is 0 Å². The Hall–Kier alpha value is -2.57. The summed E-state index contributed by atoms with van der Waals surface area (Å²) in [5, 5.41) is 0.730. The molecular formula is C25H30ClN3O3. The Morgan fingerprint density at radius 3 is 2.59 bits per heavy atom. The van der Waals surface area contributed by atoms with Crippen LogP contribution in [0.2, 0.25) is 5.02 Å². The summed E-state index contributed by atoms with van der Waals surface area (Å²) in [6.45, 7) is 1.96. The Morgan fingerprint density at radius 1 is 1.16 bits per heavy atom. The molecule has 0 aromatic heterocycles. The Morgan fingerprint density at radius 2 is 1.91 bits per heavy atom. The summed E-state index contributed by atoms with van der Waals surface area (Å²) in [4.78, 5) is 29.1. The molecule has 6 nitrogen and oxygen atoms in total. The predicted molar refractivity (Wildman–Crippen MR) is 126 cm³/mol. The molecular weight excluding hydrogens is 426 g/mol. The number of benzene rings is 2. The van der Waals surface area contributed by atoms with Gasteiger partial charge in [-0.25, -0.2) is 9.59 Å². The third-order valence-corrected chi connectivity index (χ3v) is 7.25. The molecule has 1 saturated heterocycles. The van der Waals surface area contributed by atoms with Gasteiger partial charge in [-0.3, -0.25) is 4.90 Å². The van der Waals surface area contributed by atoms with E-state index in [1.165, 1.54) is 12.7 Å². The lowest BCUT2D eigenvalue weighted by atomic mass is 9.68. The molecule has 1 heterocycles. The minimum Gasteiger partial charge on any atom is -0.465 e. The molecule has 0 unspecified atom stereocenters. The Balaban J connectivity index is 1.48. The standard InChI is InChI=1S/C25H30ClN3O3/c1-32-23(30)18-5-2-8-22(15-18)29-14-4-13-28(24(29)31)21-9-11-25(17-27,12-10-21)19-6-3-7-20(26)16-19/h2-3,5-8,15-16,21H,4,9-14,17,27H2,1H3. The molecule has 0 spiro atoms. The first-order chi connectivity index (χ1) is 15.5. The van der Waals surface area contributed by atoms with Crippen molar-refractivity contribution in [3.63, 3.8) is 0 Å². The quantitative estimate of drug-likeness (QED) is 0.668. The normalized spacial score (nSPS) is 23.8. The van der Waals surface area contributed by atoms with Crippen molar-refractivity contribution in [2.45, 2.75) is 43.6 Å². The largest absolute Gasteiger partial charge is 0.465 e. The van der Waals surface area contributed by atoms with E-state index in [4.69, 9.17) is 22.1 Å². The zero-order valence-corrected chi connectivity index (χ0v) is 19.2. The number of methoxy groups -OCH3 is 1. The van der Waals surface area contributed by atoms with Crippen molar-refractivity contribution in [1.29, 1.82) is 0 Å². The van der Waals surface area contributed by atoms with Crippen LogP contribution >= 0.6 is 11.6 Å². The van der Waals surface area contributed by atoms with Gasteiger partial charge < -0.3 is 15.4 Å². The molecule has 1 aliphatic heterocycles. The highest BCUT2D eigenvalue weighted by molar-refractivity contribution is 6.30. The van der Waals surface area contributed by atoms with Crippen molar-refractivity contribution < 1.29 is 14.3 Å². The number of urea groups is 1. The fraction of sp³-hybridized carbons (Fsp3) is 0.440. The van der Waals surface area contributed by atoms with E-state index in [1.807, 2.05) is 29.2 Å². The van der Waals surface area contributed by atoms with E-state index in [9.17, 15) is 9.59 Å². The number of amides is 2. The molecule has 1 aliphatic carbocycles. The zero-order valence-electron chi connectivity index (χ0n) is 18.4. The number of hydrogen-bond acceptors (Lipinski definition) is 4. The number of nitrogens with two attached hydrogens (primary N) is 1. The van der Waals surface area contributed by atoms with Crippen LogP contribution in [0.3, 0.4) is 0 Å². The molecule has 0 bridgehead atoms. The molecule has 2 aromatic rings. The molecule has 0 radical (unpaired) electrons. The SMILES string of the molecule is COC(=O)c1cccc(N2CCCN(C3CCC(CN)(c4cccc(Cl)c4)CC3)C2=O)c1. The summed E-state index contributed by atoms with van der Waals surface area (Å²) in [7, 11) is 1.36. The van der Waals surface area contributed by atoms with E-state index < -0.39 is 5.97 Å². The van der Waals surface area contributed by atoms with Crippen LogP contribution in [0.4, 0.5) is 10.5 Å². The first kappa shape index (κ1) is 22.6. The van der Waals surface area contributed by atoms with Gasteiger partial charge in [-0.2, -0.15) is 0 Å². The molecule has 2 fully saturated rings. The number of nitrogens with zero attached hydrogens (tertiary/aromatic N) is 2. The zero-order chi connectivity index (χ0) is 22.7. The van der Waals surface area contributed by atoms with Gasteiger partial charge in [0.2, 0.25) is 0 Å². The highest BCUT2D eigenvalue weighted by Gasteiger charge is 2.40. The van der Waals surface area contributed by atoms with Gasteiger partial charge in [-0.15, -0.1) is 0 Å². The maximum Gasteiger partial charge on any atom is 0.337 e. The molecule has 4 rings (SSSR count). The number of hydrogen-bond donors (Lipinski definition) is 1. The number of rotatable bonds is 5. The van der Waals surface area contributed by atoms with Crippen LogP contribution in [-0.2, 0) is 10.2 Å². The molecule has 1 saturated carbocycles. The van der Waals surface area contributed by atoms with E-state index in [0.717, 1.165) is 49.4 Å². The summed E-state index contributed by atoms with van der Waals surface area (Å²) in [6.07, 6.45) is 4.56. The Kier molecular flexibility index (Phi) is 6.72. The lowest BCUT2D eigenvalue weighted by Gasteiger charge is -2.46. The highest BCUT2D eigenvalue weighted by Crippen LogP contribution is 2.41. The molecule has 7 heteroatoms. The van der Waals surface area contributed by atoms with Gasteiger partial charge in [0.1, 0.15) is 0 Å². The van der Waals surface area contributed by atoms with Crippen LogP contribution in [0.5, 0.6) is 0 Å². The second-order valence-corrected chi connectivity index (χ2v) is 9.19. The predicted octanol–water partition coefficient (Wildman–Crippen LogP) is 4.60. The minimum atomic E-state index is -0.403. The number of carbonyl (C=O) groups is 2. The molecule has 170 valence electrons. The summed E-state index contributed by atoms with van der Waals surface area (Å²) >= 11 is 6.24. The van der Waals surface area contributed by atoms with E-state index in [1.54, 1.807) is 23.1 Å². The number of esters is 1. The fourth-order valence-electron chi connectivity index (χ4n) is 5.14.